The summed E-state index contributed by atoms with van der Waals surface area (Å²) in [4.78, 5) is 11.8. The lowest BCUT2D eigenvalue weighted by atomic mass is 10.8. The van der Waals surface area contributed by atoms with Crippen LogP contribution in [0.25, 0.3) is 0 Å². The second-order valence-electron chi connectivity index (χ2n) is 2.27. The van der Waals surface area contributed by atoms with Gasteiger partial charge in [0.1, 0.15) is 0 Å². The molecule has 0 aliphatic carbocycles. The maximum Gasteiger partial charge on any atom is 0.302 e. The van der Waals surface area contributed by atoms with E-state index < -0.39 is 0 Å². The number of carbonyl (C=O) groups is 1. The number of esters is 1. The van der Waals surface area contributed by atoms with E-state index in [4.69, 9.17) is 5.11 Å². The van der Waals surface area contributed by atoms with Crippen molar-refractivity contribution in [2.24, 2.45) is 0 Å². The van der Waals surface area contributed by atoms with Crippen molar-refractivity contribution in [2.45, 2.75) is 13.8 Å². The van der Waals surface area contributed by atoms with Gasteiger partial charge < -0.3 is 14.7 Å². The maximum atomic E-state index is 9.82. The topological polar surface area (TPSA) is 49.8 Å². The summed E-state index contributed by atoms with van der Waals surface area (Å²) < 4.78 is 4.40. The number of carbonyl (C=O) groups excluding carboxylic acids is 1. The molecular formula is C8H21NO3. The van der Waals surface area contributed by atoms with Crippen molar-refractivity contribution >= 4 is 5.97 Å². The van der Waals surface area contributed by atoms with Gasteiger partial charge in [0.15, 0.2) is 0 Å². The average Bonchev–Trinajstić information content (AvgIpc) is 1.90. The molecule has 0 atom stereocenters. The van der Waals surface area contributed by atoms with E-state index in [2.05, 4.69) is 4.74 Å². The quantitative estimate of drug-likeness (QED) is 0.590. The highest BCUT2D eigenvalue weighted by atomic mass is 16.5. The molecule has 1 N–H and O–H groups in total. The Labute approximate surface area is 75.1 Å². The van der Waals surface area contributed by atoms with Crippen LogP contribution in [-0.2, 0) is 9.53 Å². The van der Waals surface area contributed by atoms with Gasteiger partial charge >= 0.3 is 5.97 Å². The summed E-state index contributed by atoms with van der Waals surface area (Å²) in [6.45, 7) is 3.65. The molecule has 0 unspecified atom stereocenters. The van der Waals surface area contributed by atoms with Gasteiger partial charge in [0.25, 0.3) is 0 Å². The average molecular weight is 179 g/mol. The van der Waals surface area contributed by atoms with Gasteiger partial charge in [-0.05, 0) is 28.1 Å². The third-order valence-electron chi connectivity index (χ3n) is 0.348. The summed E-state index contributed by atoms with van der Waals surface area (Å²) in [7, 11) is 7.00. The maximum absolute atomic E-state index is 9.82. The van der Waals surface area contributed by atoms with Crippen LogP contribution in [0.15, 0.2) is 0 Å². The summed E-state index contributed by atoms with van der Waals surface area (Å²) in [6, 6.07) is 0. The fourth-order valence-corrected chi connectivity index (χ4v) is 0.203. The van der Waals surface area contributed by atoms with E-state index in [-0.39, 0.29) is 5.97 Å². The molecule has 0 spiro atoms. The Morgan fingerprint density at radius 3 is 1.58 bits per heavy atom. The van der Waals surface area contributed by atoms with E-state index in [1.165, 1.54) is 6.92 Å². The zero-order valence-electron chi connectivity index (χ0n) is 8.92. The molecule has 0 aromatic carbocycles. The molecule has 4 nitrogen and oxygen atoms in total. The lowest BCUT2D eigenvalue weighted by Gasteiger charge is -1.90. The van der Waals surface area contributed by atoms with Gasteiger partial charge in [-0.1, -0.05) is 0 Å². The largest absolute Gasteiger partial charge is 0.466 e. The molecule has 0 fully saturated rings. The molecule has 12 heavy (non-hydrogen) atoms. The number of rotatable bonds is 1. The smallest absolute Gasteiger partial charge is 0.302 e. The molecule has 0 rings (SSSR count). The van der Waals surface area contributed by atoms with Gasteiger partial charge in [0.05, 0.1) is 6.61 Å². The second-order valence-corrected chi connectivity index (χ2v) is 2.27. The lowest BCUT2D eigenvalue weighted by molar-refractivity contribution is -0.140. The second kappa shape index (κ2) is 16.8. The summed E-state index contributed by atoms with van der Waals surface area (Å²) in [5.74, 6) is -0.211. The van der Waals surface area contributed by atoms with Crippen LogP contribution in [0.1, 0.15) is 13.8 Å². The van der Waals surface area contributed by atoms with Crippen LogP contribution >= 0.6 is 0 Å². The first kappa shape index (κ1) is 17.5. The minimum atomic E-state index is -0.211. The highest BCUT2D eigenvalue weighted by Gasteiger charge is 1.81. The van der Waals surface area contributed by atoms with Crippen LogP contribution in [0.4, 0.5) is 0 Å². The van der Waals surface area contributed by atoms with Gasteiger partial charge in [0.2, 0.25) is 0 Å². The first-order valence-corrected chi connectivity index (χ1v) is 3.69. The minimum absolute atomic E-state index is 0.211. The Kier molecular flexibility index (Phi) is 24.4. The van der Waals surface area contributed by atoms with Crippen molar-refractivity contribution < 1.29 is 14.6 Å². The van der Waals surface area contributed by atoms with Crippen LogP contribution in [0.3, 0.4) is 0 Å². The van der Waals surface area contributed by atoms with Crippen LogP contribution in [0.2, 0.25) is 0 Å². The van der Waals surface area contributed by atoms with Crippen molar-refractivity contribution in [1.82, 2.24) is 4.90 Å². The number of ether oxygens (including phenoxy) is 1. The molecule has 0 radical (unpaired) electrons. The van der Waals surface area contributed by atoms with Crippen LogP contribution in [0.5, 0.6) is 0 Å². The van der Waals surface area contributed by atoms with Crippen molar-refractivity contribution in [3.63, 3.8) is 0 Å². The van der Waals surface area contributed by atoms with Crippen LogP contribution < -0.4 is 0 Å². The highest BCUT2D eigenvalue weighted by molar-refractivity contribution is 5.65. The van der Waals surface area contributed by atoms with Crippen molar-refractivity contribution in [1.29, 1.82) is 0 Å². The molecule has 0 amide bonds. The number of hydrogen-bond donors (Lipinski definition) is 1. The molecule has 0 heterocycles. The SMILES string of the molecule is CCOC(C)=O.CN(C)C.CO. The summed E-state index contributed by atoms with van der Waals surface area (Å²) >= 11 is 0. The third-order valence-corrected chi connectivity index (χ3v) is 0.348. The molecular weight excluding hydrogens is 158 g/mol. The Bertz CT molecular complexity index is 81.6. The van der Waals surface area contributed by atoms with E-state index in [0.717, 1.165) is 7.11 Å². The lowest BCUT2D eigenvalue weighted by Crippen LogP contribution is -1.99. The van der Waals surface area contributed by atoms with Gasteiger partial charge in [-0.15, -0.1) is 0 Å². The van der Waals surface area contributed by atoms with E-state index in [1.807, 2.05) is 26.0 Å². The van der Waals surface area contributed by atoms with E-state index in [1.54, 1.807) is 6.92 Å². The zero-order chi connectivity index (χ0) is 10.6. The molecule has 4 heteroatoms. The Morgan fingerprint density at radius 1 is 1.33 bits per heavy atom. The fraction of sp³-hybridized carbons (Fsp3) is 0.875. The first-order valence-electron chi connectivity index (χ1n) is 3.69. The fourth-order valence-electron chi connectivity index (χ4n) is 0.203. The summed E-state index contributed by atoms with van der Waals surface area (Å²) in [5.41, 5.74) is 0. The van der Waals surface area contributed by atoms with E-state index in [9.17, 15) is 4.79 Å². The van der Waals surface area contributed by atoms with Crippen LogP contribution in [-0.4, -0.2) is 50.8 Å². The number of nitrogens with zero attached hydrogens (tertiary/aromatic N) is 1. The molecule has 0 aliphatic rings. The highest BCUT2D eigenvalue weighted by Crippen LogP contribution is 1.69. The normalized spacial score (nSPS) is 7.33. The Morgan fingerprint density at radius 2 is 1.58 bits per heavy atom. The van der Waals surface area contributed by atoms with Crippen molar-refractivity contribution in [2.75, 3.05) is 34.9 Å². The predicted octanol–water partition coefficient (Wildman–Crippen LogP) is 0.356. The minimum Gasteiger partial charge on any atom is -0.466 e. The summed E-state index contributed by atoms with van der Waals surface area (Å²) in [6.07, 6.45) is 0. The first-order chi connectivity index (χ1) is 5.50. The van der Waals surface area contributed by atoms with E-state index >= 15 is 0 Å². The number of aliphatic hydroxyl groups is 1. The van der Waals surface area contributed by atoms with Gasteiger partial charge in [-0.25, -0.2) is 0 Å². The van der Waals surface area contributed by atoms with Crippen molar-refractivity contribution in [3.05, 3.63) is 0 Å². The molecule has 0 aromatic rings. The molecule has 0 aliphatic heterocycles. The van der Waals surface area contributed by atoms with Gasteiger partial charge in [0, 0.05) is 14.0 Å². The predicted molar refractivity (Wildman–Crippen MR) is 50.1 cm³/mol. The Hall–Kier alpha value is -0.610. The van der Waals surface area contributed by atoms with Crippen molar-refractivity contribution in [3.8, 4) is 0 Å². The molecule has 76 valence electrons. The van der Waals surface area contributed by atoms with E-state index in [0.29, 0.717) is 6.61 Å². The number of hydrogen-bond acceptors (Lipinski definition) is 4. The van der Waals surface area contributed by atoms with Gasteiger partial charge in [-0.2, -0.15) is 0 Å². The monoisotopic (exact) mass is 179 g/mol. The summed E-state index contributed by atoms with van der Waals surface area (Å²) in [5, 5.41) is 7.00. The third kappa shape index (κ3) is 116. The van der Waals surface area contributed by atoms with Gasteiger partial charge in [-0.3, -0.25) is 4.79 Å². The standard InChI is InChI=1S/C4H8O2.C3H9N.CH4O/c1-3-6-4(2)5;1-4(2)3;1-2/h3H2,1-2H3;1-3H3;2H,1H3. The zero-order valence-corrected chi connectivity index (χ0v) is 8.92. The molecule has 0 saturated carbocycles. The van der Waals surface area contributed by atoms with Crippen LogP contribution in [0, 0.1) is 0 Å². The number of aliphatic hydroxyl groups excluding tert-OH is 1. The Balaban J connectivity index is -0.000000118. The molecule has 0 aromatic heterocycles. The molecule has 0 bridgehead atoms. The molecule has 0 saturated heterocycles.